The van der Waals surface area contributed by atoms with Crippen molar-refractivity contribution in [3.8, 4) is 11.5 Å². The van der Waals surface area contributed by atoms with Crippen LogP contribution in [0, 0.1) is 5.82 Å². The van der Waals surface area contributed by atoms with E-state index >= 15 is 0 Å². The van der Waals surface area contributed by atoms with Crippen LogP contribution in [0.5, 0.6) is 11.5 Å². The summed E-state index contributed by atoms with van der Waals surface area (Å²) < 4.78 is 56.6. The lowest BCUT2D eigenvalue weighted by atomic mass is 10.1. The minimum Gasteiger partial charge on any atom is -0.485 e. The summed E-state index contributed by atoms with van der Waals surface area (Å²) >= 11 is 0. The largest absolute Gasteiger partial charge is 0.485 e. The predicted octanol–water partition coefficient (Wildman–Crippen LogP) is 3.27. The number of benzene rings is 2. The van der Waals surface area contributed by atoms with E-state index in [-0.39, 0.29) is 12.1 Å². The van der Waals surface area contributed by atoms with Crippen molar-refractivity contribution in [2.24, 2.45) is 0 Å². The normalized spacial score (nSPS) is 16.6. The van der Waals surface area contributed by atoms with Crippen LogP contribution in [-0.4, -0.2) is 24.6 Å². The third-order valence-corrected chi connectivity index (χ3v) is 4.81. The summed E-state index contributed by atoms with van der Waals surface area (Å²) in [4.78, 5) is 4.04. The van der Waals surface area contributed by atoms with Gasteiger partial charge in [0.25, 0.3) is 10.1 Å². The molecule has 0 saturated heterocycles. The molecule has 6 nitrogen and oxygen atoms in total. The van der Waals surface area contributed by atoms with E-state index in [1.54, 1.807) is 36.4 Å². The van der Waals surface area contributed by atoms with E-state index in [0.717, 1.165) is 5.56 Å². The van der Waals surface area contributed by atoms with Crippen molar-refractivity contribution >= 4 is 21.0 Å². The molecule has 0 saturated carbocycles. The quantitative estimate of drug-likeness (QED) is 0.707. The summed E-state index contributed by atoms with van der Waals surface area (Å²) in [6.07, 6.45) is 1.07. The van der Waals surface area contributed by atoms with E-state index in [9.17, 15) is 12.8 Å². The number of hydrogen-bond donors (Lipinski definition) is 1. The van der Waals surface area contributed by atoms with Gasteiger partial charge in [-0.15, -0.1) is 0 Å². The van der Waals surface area contributed by atoms with Crippen molar-refractivity contribution in [2.75, 3.05) is 6.61 Å². The van der Waals surface area contributed by atoms with Crippen molar-refractivity contribution in [3.63, 3.8) is 0 Å². The van der Waals surface area contributed by atoms with Crippen LogP contribution >= 0.6 is 0 Å². The lowest BCUT2D eigenvalue weighted by Crippen LogP contribution is -2.22. The molecule has 0 fully saturated rings. The molecule has 1 N–H and O–H groups in total. The first-order valence-electron chi connectivity index (χ1n) is 7.81. The lowest BCUT2D eigenvalue weighted by Gasteiger charge is -2.28. The standard InChI is InChI=1S/C18H14FNO5S/c19-14-8-15-18(13-2-1-7-20-17(13)14)25-16(9-24-15)12-5-3-11(4-6-12)10-26(21,22)23/h1-8,16H,9-10H2,(H,21,22,23). The SMILES string of the molecule is O=S(=O)(O)Cc1ccc(C2COc3cc(F)c4ncccc4c3O2)cc1. The third kappa shape index (κ3) is 3.21. The van der Waals surface area contributed by atoms with Crippen LogP contribution in [0.4, 0.5) is 4.39 Å². The van der Waals surface area contributed by atoms with Crippen LogP contribution < -0.4 is 9.47 Å². The van der Waals surface area contributed by atoms with E-state index in [2.05, 4.69) is 4.98 Å². The Morgan fingerprint density at radius 2 is 2.00 bits per heavy atom. The maximum absolute atomic E-state index is 14.1. The van der Waals surface area contributed by atoms with Gasteiger partial charge in [-0.2, -0.15) is 8.42 Å². The van der Waals surface area contributed by atoms with Crippen molar-refractivity contribution in [3.05, 3.63) is 65.6 Å². The topological polar surface area (TPSA) is 85.7 Å². The zero-order valence-corrected chi connectivity index (χ0v) is 14.2. The number of pyridine rings is 1. The molecule has 0 bridgehead atoms. The third-order valence-electron chi connectivity index (χ3n) is 4.11. The highest BCUT2D eigenvalue weighted by atomic mass is 32.2. The van der Waals surface area contributed by atoms with Gasteiger partial charge >= 0.3 is 0 Å². The zero-order chi connectivity index (χ0) is 18.3. The number of nitrogens with zero attached hydrogens (tertiary/aromatic N) is 1. The summed E-state index contributed by atoms with van der Waals surface area (Å²) in [5.41, 5.74) is 1.44. The minimum absolute atomic E-state index is 0.190. The van der Waals surface area contributed by atoms with Crippen LogP contribution in [0.25, 0.3) is 10.9 Å². The number of ether oxygens (including phenoxy) is 2. The van der Waals surface area contributed by atoms with Crippen LogP contribution in [-0.2, 0) is 15.9 Å². The molecule has 26 heavy (non-hydrogen) atoms. The monoisotopic (exact) mass is 375 g/mol. The molecular formula is C18H14FNO5S. The Balaban J connectivity index is 1.65. The van der Waals surface area contributed by atoms with Crippen LogP contribution in [0.15, 0.2) is 48.7 Å². The van der Waals surface area contributed by atoms with Crippen molar-refractivity contribution in [1.29, 1.82) is 0 Å². The molecule has 2 aromatic carbocycles. The van der Waals surface area contributed by atoms with E-state index in [1.807, 2.05) is 0 Å². The fraction of sp³-hybridized carbons (Fsp3) is 0.167. The van der Waals surface area contributed by atoms with Gasteiger partial charge in [0.05, 0.1) is 0 Å². The maximum Gasteiger partial charge on any atom is 0.269 e. The second-order valence-corrected chi connectivity index (χ2v) is 7.42. The number of hydrogen-bond acceptors (Lipinski definition) is 5. The van der Waals surface area contributed by atoms with Gasteiger partial charge in [-0.1, -0.05) is 24.3 Å². The van der Waals surface area contributed by atoms with E-state index < -0.39 is 27.8 Å². The summed E-state index contributed by atoms with van der Waals surface area (Å²) in [6.45, 7) is 0.190. The van der Waals surface area contributed by atoms with Gasteiger partial charge < -0.3 is 9.47 Å². The highest BCUT2D eigenvalue weighted by molar-refractivity contribution is 7.85. The number of aromatic nitrogens is 1. The molecule has 2 heterocycles. The summed E-state index contributed by atoms with van der Waals surface area (Å²) in [5, 5.41) is 0.523. The second-order valence-electron chi connectivity index (χ2n) is 5.97. The molecule has 1 aliphatic heterocycles. The van der Waals surface area contributed by atoms with Crippen molar-refractivity contribution in [1.82, 2.24) is 4.98 Å². The van der Waals surface area contributed by atoms with Gasteiger partial charge in [0, 0.05) is 17.6 Å². The molecule has 0 amide bonds. The average Bonchev–Trinajstić information content (AvgIpc) is 2.61. The molecule has 1 aromatic heterocycles. The Labute approximate surface area is 149 Å². The first-order chi connectivity index (χ1) is 12.4. The zero-order valence-electron chi connectivity index (χ0n) is 13.4. The molecule has 1 unspecified atom stereocenters. The fourth-order valence-electron chi connectivity index (χ4n) is 2.93. The molecular weight excluding hydrogens is 361 g/mol. The fourth-order valence-corrected chi connectivity index (χ4v) is 3.55. The van der Waals surface area contributed by atoms with Crippen molar-refractivity contribution in [2.45, 2.75) is 11.9 Å². The Hall–Kier alpha value is -2.71. The van der Waals surface area contributed by atoms with Gasteiger partial charge in [0.2, 0.25) is 0 Å². The predicted molar refractivity (Wildman–Crippen MR) is 92.3 cm³/mol. The Bertz CT molecular complexity index is 1080. The molecule has 0 spiro atoms. The van der Waals surface area contributed by atoms with Gasteiger partial charge in [-0.05, 0) is 23.3 Å². The highest BCUT2D eigenvalue weighted by Gasteiger charge is 2.26. The number of halogens is 1. The van der Waals surface area contributed by atoms with Gasteiger partial charge in [-0.25, -0.2) is 4.39 Å². The Morgan fingerprint density at radius 3 is 2.73 bits per heavy atom. The lowest BCUT2D eigenvalue weighted by molar-refractivity contribution is 0.0929. The molecule has 8 heteroatoms. The molecule has 4 rings (SSSR count). The summed E-state index contributed by atoms with van der Waals surface area (Å²) in [7, 11) is -4.08. The molecule has 1 atom stereocenters. The van der Waals surface area contributed by atoms with E-state index in [1.165, 1.54) is 12.3 Å². The Kier molecular flexibility index (Phi) is 4.01. The summed E-state index contributed by atoms with van der Waals surface area (Å²) in [5.74, 6) is -0.181. The maximum atomic E-state index is 14.1. The van der Waals surface area contributed by atoms with Gasteiger partial charge in [0.1, 0.15) is 17.9 Å². The smallest absolute Gasteiger partial charge is 0.269 e. The molecule has 0 radical (unpaired) electrons. The molecule has 1 aliphatic rings. The average molecular weight is 375 g/mol. The summed E-state index contributed by atoms with van der Waals surface area (Å²) in [6, 6.07) is 11.3. The molecule has 134 valence electrons. The number of fused-ring (bicyclic) bond motifs is 3. The van der Waals surface area contributed by atoms with Crippen LogP contribution in [0.3, 0.4) is 0 Å². The number of rotatable bonds is 3. The van der Waals surface area contributed by atoms with Crippen LogP contribution in [0.2, 0.25) is 0 Å². The van der Waals surface area contributed by atoms with Crippen LogP contribution in [0.1, 0.15) is 17.2 Å². The second kappa shape index (κ2) is 6.22. The van der Waals surface area contributed by atoms with Gasteiger partial charge in [0.15, 0.2) is 23.4 Å². The van der Waals surface area contributed by atoms with Crippen molar-refractivity contribution < 1.29 is 26.8 Å². The highest BCUT2D eigenvalue weighted by Crippen LogP contribution is 2.42. The van der Waals surface area contributed by atoms with E-state index in [0.29, 0.717) is 22.4 Å². The minimum atomic E-state index is -4.08. The first-order valence-corrected chi connectivity index (χ1v) is 9.42. The molecule has 3 aromatic rings. The van der Waals surface area contributed by atoms with E-state index in [4.69, 9.17) is 14.0 Å². The Morgan fingerprint density at radius 1 is 1.23 bits per heavy atom. The first kappa shape index (κ1) is 16.7. The van der Waals surface area contributed by atoms with Gasteiger partial charge in [-0.3, -0.25) is 9.54 Å². The molecule has 0 aliphatic carbocycles.